The molecular weight excluding hydrogens is 729 g/mol. The molecule has 2 aliphatic rings. The van der Waals surface area contributed by atoms with Crippen molar-refractivity contribution < 1.29 is 0 Å². The molecule has 0 unspecified atom stereocenters. The Hall–Kier alpha value is -4.46. The Labute approximate surface area is 359 Å². The van der Waals surface area contributed by atoms with Gasteiger partial charge in [0.15, 0.2) is 0 Å². The van der Waals surface area contributed by atoms with Gasteiger partial charge in [-0.3, -0.25) is 0 Å². The van der Waals surface area contributed by atoms with Crippen LogP contribution in [0.5, 0.6) is 0 Å². The summed E-state index contributed by atoms with van der Waals surface area (Å²) in [7, 11) is 0. The highest BCUT2D eigenvalue weighted by Gasteiger charge is 2.41. The number of rotatable bonds is 2. The fourth-order valence-electron chi connectivity index (χ4n) is 10.2. The summed E-state index contributed by atoms with van der Waals surface area (Å²) >= 11 is 2.00. The van der Waals surface area contributed by atoms with Crippen LogP contribution in [0.15, 0.2) is 97.1 Å². The summed E-state index contributed by atoms with van der Waals surface area (Å²) in [5.74, 6) is 0. The SMILES string of the molecule is CC(C)(C)c1ccc2c(c1)C(C)(C)c1cc(C(C)(C)C)cc(-c3cccc4c3sc3c(-c5cc(C(C)(C)C)cc6c5-c5ccc(C(C)(C)C)cc5C6(C)C)cccc34)c1-2. The first-order chi connectivity index (χ1) is 27.3. The van der Waals surface area contributed by atoms with Gasteiger partial charge in [-0.2, -0.15) is 0 Å². The zero-order valence-corrected chi connectivity index (χ0v) is 39.5. The van der Waals surface area contributed by atoms with E-state index in [9.17, 15) is 0 Å². The molecular formula is C58H64S. The second-order valence-corrected chi connectivity index (χ2v) is 24.2. The number of benzene rings is 6. The van der Waals surface area contributed by atoms with Crippen molar-refractivity contribution in [1.82, 2.24) is 0 Å². The number of thiophene rings is 1. The lowest BCUT2D eigenvalue weighted by Gasteiger charge is -2.27. The lowest BCUT2D eigenvalue weighted by Crippen LogP contribution is -2.19. The maximum Gasteiger partial charge on any atom is 0.0434 e. The van der Waals surface area contributed by atoms with E-state index in [1.54, 1.807) is 0 Å². The van der Waals surface area contributed by atoms with Crippen LogP contribution < -0.4 is 0 Å². The van der Waals surface area contributed by atoms with Gasteiger partial charge in [0.2, 0.25) is 0 Å². The van der Waals surface area contributed by atoms with E-state index in [-0.39, 0.29) is 32.5 Å². The summed E-state index contributed by atoms with van der Waals surface area (Å²) in [4.78, 5) is 0. The van der Waals surface area contributed by atoms with Gasteiger partial charge in [0.05, 0.1) is 0 Å². The third-order valence-corrected chi connectivity index (χ3v) is 15.4. The minimum Gasteiger partial charge on any atom is -0.134 e. The standard InChI is InChI=1S/C58H64S/c1-53(2,3)33-23-25-41-45(29-33)57(13,14)47-31-35(55(7,8)9)27-43(49(41)47)39-21-17-19-37-38-20-18-22-40(52(38)59-51(37)39)44-28-36(56(10,11)12)32-48-50(44)42-26-24-34(54(4,5)6)30-46(42)58(48,15)16/h17-32H,1-16H3. The molecule has 2 aliphatic carbocycles. The van der Waals surface area contributed by atoms with E-state index in [2.05, 4.69) is 208 Å². The van der Waals surface area contributed by atoms with Gasteiger partial charge in [-0.15, -0.1) is 11.3 Å². The van der Waals surface area contributed by atoms with Crippen LogP contribution in [0.2, 0.25) is 0 Å². The molecule has 0 bridgehead atoms. The molecule has 0 atom stereocenters. The van der Waals surface area contributed by atoms with E-state index >= 15 is 0 Å². The summed E-state index contributed by atoms with van der Waals surface area (Å²) in [6.45, 7) is 38.0. The second kappa shape index (κ2) is 12.5. The number of hydrogen-bond donors (Lipinski definition) is 0. The molecule has 302 valence electrons. The molecule has 0 saturated carbocycles. The van der Waals surface area contributed by atoms with Crippen molar-refractivity contribution in [2.75, 3.05) is 0 Å². The molecule has 59 heavy (non-hydrogen) atoms. The third kappa shape index (κ3) is 6.03. The maximum absolute atomic E-state index is 2.53. The Morgan fingerprint density at radius 3 is 1.02 bits per heavy atom. The summed E-state index contributed by atoms with van der Waals surface area (Å²) in [6, 6.07) is 38.9. The van der Waals surface area contributed by atoms with Crippen molar-refractivity contribution in [2.45, 2.75) is 143 Å². The van der Waals surface area contributed by atoms with Crippen molar-refractivity contribution in [1.29, 1.82) is 0 Å². The zero-order chi connectivity index (χ0) is 42.6. The highest BCUT2D eigenvalue weighted by atomic mass is 32.1. The van der Waals surface area contributed by atoms with Gasteiger partial charge in [-0.05, 0) is 112 Å². The quantitative estimate of drug-likeness (QED) is 0.164. The predicted molar refractivity (Wildman–Crippen MR) is 260 cm³/mol. The van der Waals surface area contributed by atoms with E-state index in [0.717, 1.165) is 0 Å². The Kier molecular flexibility index (Phi) is 8.50. The molecule has 1 heterocycles. The van der Waals surface area contributed by atoms with Gasteiger partial charge >= 0.3 is 0 Å². The molecule has 0 amide bonds. The van der Waals surface area contributed by atoms with E-state index < -0.39 is 0 Å². The summed E-state index contributed by atoms with van der Waals surface area (Å²) < 4.78 is 2.75. The van der Waals surface area contributed by atoms with Crippen LogP contribution in [-0.2, 0) is 32.5 Å². The summed E-state index contributed by atoms with van der Waals surface area (Å²) in [5.41, 5.74) is 22.3. The van der Waals surface area contributed by atoms with Gasteiger partial charge in [0.1, 0.15) is 0 Å². The van der Waals surface area contributed by atoms with Crippen LogP contribution in [0.1, 0.15) is 155 Å². The smallest absolute Gasteiger partial charge is 0.0434 e. The van der Waals surface area contributed by atoms with Crippen molar-refractivity contribution in [3.63, 3.8) is 0 Å². The van der Waals surface area contributed by atoms with Gasteiger partial charge in [0.25, 0.3) is 0 Å². The molecule has 9 rings (SSSR count). The molecule has 0 spiro atoms. The summed E-state index contributed by atoms with van der Waals surface area (Å²) in [5, 5.41) is 2.69. The highest BCUT2D eigenvalue weighted by molar-refractivity contribution is 7.26. The first-order valence-corrected chi connectivity index (χ1v) is 22.7. The van der Waals surface area contributed by atoms with Gasteiger partial charge in [-0.1, -0.05) is 196 Å². The van der Waals surface area contributed by atoms with E-state index in [0.29, 0.717) is 0 Å². The Bertz CT molecular complexity index is 2690. The molecule has 1 heteroatoms. The van der Waals surface area contributed by atoms with Crippen molar-refractivity contribution in [3.05, 3.63) is 142 Å². The lowest BCUT2D eigenvalue weighted by atomic mass is 9.76. The van der Waals surface area contributed by atoms with Crippen LogP contribution >= 0.6 is 11.3 Å². The molecule has 0 N–H and O–H groups in total. The highest BCUT2D eigenvalue weighted by Crippen LogP contribution is 2.58. The van der Waals surface area contributed by atoms with Crippen LogP contribution in [0.25, 0.3) is 64.7 Å². The maximum atomic E-state index is 2.53. The molecule has 0 fully saturated rings. The predicted octanol–water partition coefficient (Wildman–Crippen LogP) is 17.2. The largest absolute Gasteiger partial charge is 0.134 e. The van der Waals surface area contributed by atoms with Crippen molar-refractivity contribution in [3.8, 4) is 44.5 Å². The molecule has 0 aliphatic heterocycles. The fraction of sp³-hybridized carbons (Fsp3) is 0.379. The number of hydrogen-bond acceptors (Lipinski definition) is 1. The average molecular weight is 793 g/mol. The van der Waals surface area contributed by atoms with Crippen molar-refractivity contribution >= 4 is 31.5 Å². The number of fused-ring (bicyclic) bond motifs is 9. The molecule has 7 aromatic rings. The Morgan fingerprint density at radius 2 is 0.678 bits per heavy atom. The fourth-order valence-corrected chi connectivity index (χ4v) is 11.5. The minimum absolute atomic E-state index is 0.00258. The van der Waals surface area contributed by atoms with Crippen LogP contribution in [0, 0.1) is 0 Å². The summed E-state index contributed by atoms with van der Waals surface area (Å²) in [6.07, 6.45) is 0. The third-order valence-electron chi connectivity index (χ3n) is 14.1. The minimum atomic E-state index is -0.112. The van der Waals surface area contributed by atoms with Crippen LogP contribution in [-0.4, -0.2) is 0 Å². The molecule has 0 saturated heterocycles. The lowest BCUT2D eigenvalue weighted by molar-refractivity contribution is 0.579. The molecule has 0 nitrogen and oxygen atoms in total. The molecule has 0 radical (unpaired) electrons. The first kappa shape index (κ1) is 40.0. The van der Waals surface area contributed by atoms with Crippen LogP contribution in [0.4, 0.5) is 0 Å². The second-order valence-electron chi connectivity index (χ2n) is 23.1. The monoisotopic (exact) mass is 792 g/mol. The topological polar surface area (TPSA) is 0 Å². The van der Waals surface area contributed by atoms with E-state index in [1.807, 2.05) is 11.3 Å². The van der Waals surface area contributed by atoms with Gasteiger partial charge in [0, 0.05) is 42.1 Å². The van der Waals surface area contributed by atoms with Crippen LogP contribution in [0.3, 0.4) is 0 Å². The van der Waals surface area contributed by atoms with E-state index in [4.69, 9.17) is 0 Å². The van der Waals surface area contributed by atoms with Crippen molar-refractivity contribution in [2.24, 2.45) is 0 Å². The molecule has 1 aromatic heterocycles. The van der Waals surface area contributed by atoms with E-state index in [1.165, 1.54) is 109 Å². The average Bonchev–Trinajstić information content (AvgIpc) is 3.72. The molecule has 6 aromatic carbocycles. The first-order valence-electron chi connectivity index (χ1n) is 21.9. The Balaban J connectivity index is 1.33. The van der Waals surface area contributed by atoms with Gasteiger partial charge < -0.3 is 0 Å². The Morgan fingerprint density at radius 1 is 0.339 bits per heavy atom. The normalized spacial score (nSPS) is 15.7. The van der Waals surface area contributed by atoms with Gasteiger partial charge in [-0.25, -0.2) is 0 Å². The zero-order valence-electron chi connectivity index (χ0n) is 38.6.